The zero-order chi connectivity index (χ0) is 11.6. The van der Waals surface area contributed by atoms with Gasteiger partial charge in [-0.1, -0.05) is 20.3 Å². The summed E-state index contributed by atoms with van der Waals surface area (Å²) in [6.45, 7) is 8.69. The third-order valence-electron chi connectivity index (χ3n) is 3.61. The molecule has 2 fully saturated rings. The number of ether oxygens (including phenoxy) is 1. The molecule has 16 heavy (non-hydrogen) atoms. The highest BCUT2D eigenvalue weighted by molar-refractivity contribution is 7.99. The van der Waals surface area contributed by atoms with Crippen molar-refractivity contribution in [2.45, 2.75) is 57.4 Å². The van der Waals surface area contributed by atoms with Crippen LogP contribution in [0, 0.1) is 5.41 Å². The van der Waals surface area contributed by atoms with Gasteiger partial charge in [0.2, 0.25) is 0 Å². The normalized spacial score (nSPS) is 39.6. The molecule has 0 aliphatic carbocycles. The van der Waals surface area contributed by atoms with Crippen LogP contribution in [0.1, 0.15) is 46.5 Å². The van der Waals surface area contributed by atoms with Crippen molar-refractivity contribution in [3.05, 3.63) is 0 Å². The van der Waals surface area contributed by atoms with Crippen LogP contribution < -0.4 is 5.32 Å². The summed E-state index contributed by atoms with van der Waals surface area (Å²) in [6, 6.07) is 0. The van der Waals surface area contributed by atoms with Gasteiger partial charge in [-0.3, -0.25) is 5.32 Å². The molecule has 3 heteroatoms. The second-order valence-electron chi connectivity index (χ2n) is 6.23. The van der Waals surface area contributed by atoms with Gasteiger partial charge in [-0.25, -0.2) is 0 Å². The summed E-state index contributed by atoms with van der Waals surface area (Å²) in [4.78, 5) is 0. The Morgan fingerprint density at radius 2 is 2.12 bits per heavy atom. The third-order valence-corrected chi connectivity index (χ3v) is 5.01. The van der Waals surface area contributed by atoms with Gasteiger partial charge < -0.3 is 4.74 Å². The van der Waals surface area contributed by atoms with E-state index in [0.717, 1.165) is 24.8 Å². The second kappa shape index (κ2) is 4.87. The fourth-order valence-corrected chi connectivity index (χ4v) is 3.89. The highest BCUT2D eigenvalue weighted by atomic mass is 32.2. The van der Waals surface area contributed by atoms with Crippen molar-refractivity contribution in [3.63, 3.8) is 0 Å². The monoisotopic (exact) mass is 243 g/mol. The molecule has 2 unspecified atom stereocenters. The third kappa shape index (κ3) is 3.38. The fourth-order valence-electron chi connectivity index (χ4n) is 2.42. The Hall–Kier alpha value is 0.270. The van der Waals surface area contributed by atoms with E-state index in [1.165, 1.54) is 25.0 Å². The molecule has 0 aromatic carbocycles. The first-order chi connectivity index (χ1) is 7.49. The van der Waals surface area contributed by atoms with Gasteiger partial charge in [-0.05, 0) is 25.5 Å². The summed E-state index contributed by atoms with van der Waals surface area (Å²) in [5.41, 5.74) is 0.212. The minimum atomic E-state index is -0.0788. The van der Waals surface area contributed by atoms with Gasteiger partial charge in [-0.2, -0.15) is 11.8 Å². The minimum absolute atomic E-state index is 0.0788. The largest absolute Gasteiger partial charge is 0.360 e. The average Bonchev–Trinajstić information content (AvgIpc) is 2.25. The predicted molar refractivity (Wildman–Crippen MR) is 70.9 cm³/mol. The van der Waals surface area contributed by atoms with E-state index in [1.54, 1.807) is 0 Å². The molecule has 2 atom stereocenters. The van der Waals surface area contributed by atoms with E-state index < -0.39 is 0 Å². The highest BCUT2D eigenvalue weighted by Crippen LogP contribution is 2.34. The van der Waals surface area contributed by atoms with Gasteiger partial charge >= 0.3 is 0 Å². The lowest BCUT2D eigenvalue weighted by Gasteiger charge is -2.44. The lowest BCUT2D eigenvalue weighted by atomic mass is 9.91. The van der Waals surface area contributed by atoms with Crippen LogP contribution >= 0.6 is 11.8 Å². The van der Waals surface area contributed by atoms with Crippen LogP contribution in [0.2, 0.25) is 0 Å². The number of nitrogens with one attached hydrogen (secondary N) is 1. The minimum Gasteiger partial charge on any atom is -0.360 e. The lowest BCUT2D eigenvalue weighted by molar-refractivity contribution is -0.130. The van der Waals surface area contributed by atoms with Crippen LogP contribution in [0.25, 0.3) is 0 Å². The van der Waals surface area contributed by atoms with Crippen molar-refractivity contribution in [2.24, 2.45) is 5.41 Å². The zero-order valence-electron chi connectivity index (χ0n) is 10.8. The molecule has 2 nitrogen and oxygen atoms in total. The fraction of sp³-hybridized carbons (Fsp3) is 1.00. The molecule has 2 rings (SSSR count). The summed E-state index contributed by atoms with van der Waals surface area (Å²) in [5.74, 6) is 1.34. The van der Waals surface area contributed by atoms with Crippen LogP contribution in [0.5, 0.6) is 0 Å². The maximum atomic E-state index is 6.06. The summed E-state index contributed by atoms with van der Waals surface area (Å²) >= 11 is 2.14. The molecule has 2 aliphatic heterocycles. The smallest absolute Gasteiger partial charge is 0.117 e. The van der Waals surface area contributed by atoms with E-state index in [-0.39, 0.29) is 5.72 Å². The molecule has 2 saturated heterocycles. The number of rotatable bonds is 2. The van der Waals surface area contributed by atoms with Gasteiger partial charge in [0.25, 0.3) is 0 Å². The Balaban J connectivity index is 1.84. The van der Waals surface area contributed by atoms with Crippen molar-refractivity contribution >= 4 is 11.8 Å². The van der Waals surface area contributed by atoms with Gasteiger partial charge in [0, 0.05) is 23.6 Å². The molecule has 2 aliphatic rings. The molecule has 0 amide bonds. The van der Waals surface area contributed by atoms with Gasteiger partial charge in [0.1, 0.15) is 5.72 Å². The van der Waals surface area contributed by atoms with E-state index in [2.05, 4.69) is 37.8 Å². The molecule has 0 aromatic heterocycles. The Kier molecular flexibility index (Phi) is 3.87. The van der Waals surface area contributed by atoms with E-state index >= 15 is 0 Å². The Morgan fingerprint density at radius 3 is 2.69 bits per heavy atom. The molecule has 94 valence electrons. The van der Waals surface area contributed by atoms with Crippen molar-refractivity contribution < 1.29 is 4.74 Å². The van der Waals surface area contributed by atoms with Gasteiger partial charge in [0.05, 0.1) is 6.61 Å². The maximum Gasteiger partial charge on any atom is 0.117 e. The molecule has 0 radical (unpaired) electrons. The Labute approximate surface area is 104 Å². The van der Waals surface area contributed by atoms with Crippen molar-refractivity contribution in [1.29, 1.82) is 0 Å². The molecule has 2 heterocycles. The van der Waals surface area contributed by atoms with Crippen molar-refractivity contribution in [1.82, 2.24) is 5.32 Å². The summed E-state index contributed by atoms with van der Waals surface area (Å²) in [7, 11) is 0. The summed E-state index contributed by atoms with van der Waals surface area (Å²) < 4.78 is 6.06. The van der Waals surface area contributed by atoms with Gasteiger partial charge in [0.15, 0.2) is 0 Å². The molecular weight excluding hydrogens is 218 g/mol. The van der Waals surface area contributed by atoms with Crippen LogP contribution in [-0.2, 0) is 4.74 Å². The number of thioether (sulfide) groups is 1. The first kappa shape index (κ1) is 12.7. The molecule has 0 saturated carbocycles. The van der Waals surface area contributed by atoms with Crippen LogP contribution in [0.15, 0.2) is 0 Å². The van der Waals surface area contributed by atoms with E-state index in [0.29, 0.717) is 5.41 Å². The van der Waals surface area contributed by atoms with E-state index in [1.807, 2.05) is 0 Å². The average molecular weight is 243 g/mol. The highest BCUT2D eigenvalue weighted by Gasteiger charge is 2.37. The van der Waals surface area contributed by atoms with Crippen LogP contribution in [0.4, 0.5) is 0 Å². The van der Waals surface area contributed by atoms with Crippen molar-refractivity contribution in [3.8, 4) is 0 Å². The molecule has 1 N–H and O–H groups in total. The maximum absolute atomic E-state index is 6.06. The molecule has 0 spiro atoms. The molecule has 0 bridgehead atoms. The second-order valence-corrected chi connectivity index (χ2v) is 7.64. The summed E-state index contributed by atoms with van der Waals surface area (Å²) in [6.07, 6.45) is 5.33. The molecular formula is C13H25NOS. The summed E-state index contributed by atoms with van der Waals surface area (Å²) in [5, 5.41) is 4.40. The van der Waals surface area contributed by atoms with Gasteiger partial charge in [-0.15, -0.1) is 0 Å². The van der Waals surface area contributed by atoms with E-state index in [4.69, 9.17) is 4.74 Å². The first-order valence-corrected chi connectivity index (χ1v) is 7.55. The Morgan fingerprint density at radius 1 is 1.31 bits per heavy atom. The topological polar surface area (TPSA) is 21.3 Å². The standard InChI is InChI=1S/C13H25NOS/c1-12(2)9-14-13(3,15-10-12)8-11-6-4-5-7-16-11/h11,14H,4-10H2,1-3H3. The van der Waals surface area contributed by atoms with Crippen LogP contribution in [-0.4, -0.2) is 29.9 Å². The lowest BCUT2D eigenvalue weighted by Crippen LogP contribution is -2.56. The number of hydrogen-bond acceptors (Lipinski definition) is 3. The zero-order valence-corrected chi connectivity index (χ0v) is 11.7. The predicted octanol–water partition coefficient (Wildman–Crippen LogP) is 3.02. The number of hydrogen-bond donors (Lipinski definition) is 1. The quantitative estimate of drug-likeness (QED) is 0.805. The molecule has 0 aromatic rings. The van der Waals surface area contributed by atoms with Crippen LogP contribution in [0.3, 0.4) is 0 Å². The SMILES string of the molecule is CC1(C)CNC(C)(CC2CCCCS2)OC1. The first-order valence-electron chi connectivity index (χ1n) is 6.50. The Bertz CT molecular complexity index is 226. The van der Waals surface area contributed by atoms with E-state index in [9.17, 15) is 0 Å². The van der Waals surface area contributed by atoms with Crippen molar-refractivity contribution in [2.75, 3.05) is 18.9 Å².